The molecular formula is C24H10Cl4F3N3O6. The van der Waals surface area contributed by atoms with Gasteiger partial charge in [0.1, 0.15) is 5.57 Å². The molecule has 3 aromatic rings. The third-order valence-corrected chi connectivity index (χ3v) is 6.53. The zero-order valence-electron chi connectivity index (χ0n) is 19.2. The summed E-state index contributed by atoms with van der Waals surface area (Å²) in [6.45, 7) is 0. The smallest absolute Gasteiger partial charge is 0.416 e. The van der Waals surface area contributed by atoms with Crippen molar-refractivity contribution in [2.24, 2.45) is 0 Å². The molecule has 9 nitrogen and oxygen atoms in total. The van der Waals surface area contributed by atoms with Gasteiger partial charge in [0.25, 0.3) is 11.8 Å². The van der Waals surface area contributed by atoms with Crippen LogP contribution in [0.25, 0.3) is 6.08 Å². The van der Waals surface area contributed by atoms with E-state index in [0.717, 1.165) is 12.1 Å². The molecule has 0 radical (unpaired) electrons. The van der Waals surface area contributed by atoms with Gasteiger partial charge < -0.3 is 4.74 Å². The van der Waals surface area contributed by atoms with Crippen LogP contribution in [0, 0.1) is 10.1 Å². The topological polar surface area (TPSA) is 119 Å². The second kappa shape index (κ2) is 11.0. The lowest BCUT2D eigenvalue weighted by Crippen LogP contribution is -2.54. The molecule has 4 rings (SSSR count). The van der Waals surface area contributed by atoms with Gasteiger partial charge in [-0.25, -0.2) is 9.69 Å². The van der Waals surface area contributed by atoms with Crippen molar-refractivity contribution in [1.29, 1.82) is 0 Å². The average Bonchev–Trinajstić information content (AvgIpc) is 2.85. The Kier molecular flexibility index (Phi) is 7.99. The van der Waals surface area contributed by atoms with E-state index < -0.39 is 51.5 Å². The summed E-state index contributed by atoms with van der Waals surface area (Å²) in [5.74, 6) is -3.24. The Bertz CT molecular complexity index is 1640. The highest BCUT2D eigenvalue weighted by Gasteiger charge is 2.38. The second-order valence-corrected chi connectivity index (χ2v) is 9.56. The maximum absolute atomic E-state index is 13.3. The van der Waals surface area contributed by atoms with Crippen LogP contribution in [0.3, 0.4) is 0 Å². The minimum absolute atomic E-state index is 0.0117. The van der Waals surface area contributed by atoms with Crippen molar-refractivity contribution >= 4 is 81.7 Å². The van der Waals surface area contributed by atoms with E-state index >= 15 is 0 Å². The second-order valence-electron chi connectivity index (χ2n) is 7.90. The first-order valence-corrected chi connectivity index (χ1v) is 12.1. The molecule has 3 aromatic carbocycles. The standard InChI is InChI=1S/C24H10Cl4F3N3O6/c25-12-5-10(6-14-21(35)32-23(37)33(22(14)36)13-2-3-15(26)16(27)9-13)20(17(28)8-12)40-19-4-1-11(24(29,30)31)7-18(19)34(38)39/h1-9H,(H,32,35,37)/b14-6+. The van der Waals surface area contributed by atoms with Crippen LogP contribution in [0.2, 0.25) is 20.1 Å². The summed E-state index contributed by atoms with van der Waals surface area (Å²) in [6.07, 6.45) is -3.93. The van der Waals surface area contributed by atoms with Crippen molar-refractivity contribution in [2.45, 2.75) is 6.18 Å². The molecule has 1 fully saturated rings. The van der Waals surface area contributed by atoms with Crippen LogP contribution >= 0.6 is 46.4 Å². The maximum Gasteiger partial charge on any atom is 0.416 e. The van der Waals surface area contributed by atoms with Gasteiger partial charge >= 0.3 is 17.9 Å². The van der Waals surface area contributed by atoms with Gasteiger partial charge in [0.05, 0.1) is 31.2 Å². The first-order valence-electron chi connectivity index (χ1n) is 10.6. The average molecular weight is 635 g/mol. The molecule has 0 aliphatic carbocycles. The highest BCUT2D eigenvalue weighted by Crippen LogP contribution is 2.42. The van der Waals surface area contributed by atoms with Gasteiger partial charge in [0.15, 0.2) is 5.75 Å². The lowest BCUT2D eigenvalue weighted by Gasteiger charge is -2.26. The fraction of sp³-hybridized carbons (Fsp3) is 0.0417. The third kappa shape index (κ3) is 5.85. The zero-order valence-corrected chi connectivity index (χ0v) is 22.2. The molecule has 206 valence electrons. The number of imide groups is 2. The number of hydrogen-bond acceptors (Lipinski definition) is 6. The monoisotopic (exact) mass is 633 g/mol. The number of nitro benzene ring substituents is 1. The Hall–Kier alpha value is -3.84. The molecular weight excluding hydrogens is 625 g/mol. The number of nitrogens with one attached hydrogen (secondary N) is 1. The first kappa shape index (κ1) is 29.2. The number of nitro groups is 1. The van der Waals surface area contributed by atoms with E-state index in [1.807, 2.05) is 5.32 Å². The van der Waals surface area contributed by atoms with E-state index in [9.17, 15) is 37.7 Å². The summed E-state index contributed by atoms with van der Waals surface area (Å²) in [5, 5.41) is 13.3. The van der Waals surface area contributed by atoms with Gasteiger partial charge in [-0.3, -0.25) is 25.0 Å². The van der Waals surface area contributed by atoms with Crippen LogP contribution in [0.1, 0.15) is 11.1 Å². The molecule has 0 spiro atoms. The Balaban J connectivity index is 1.81. The van der Waals surface area contributed by atoms with E-state index in [1.165, 1.54) is 24.3 Å². The highest BCUT2D eigenvalue weighted by molar-refractivity contribution is 6.43. The minimum Gasteiger partial charge on any atom is -0.448 e. The number of hydrogen-bond donors (Lipinski definition) is 1. The molecule has 4 amide bonds. The van der Waals surface area contributed by atoms with E-state index in [0.29, 0.717) is 17.0 Å². The summed E-state index contributed by atoms with van der Waals surface area (Å²) in [6, 6.07) is 6.62. The quantitative estimate of drug-likeness (QED) is 0.133. The number of nitrogens with zero attached hydrogens (tertiary/aromatic N) is 2. The summed E-state index contributed by atoms with van der Waals surface area (Å²) in [4.78, 5) is 49.4. The van der Waals surface area contributed by atoms with Crippen molar-refractivity contribution in [2.75, 3.05) is 4.90 Å². The fourth-order valence-electron chi connectivity index (χ4n) is 3.50. The van der Waals surface area contributed by atoms with Crippen molar-refractivity contribution in [1.82, 2.24) is 5.32 Å². The van der Waals surface area contributed by atoms with Crippen LogP contribution in [-0.4, -0.2) is 22.8 Å². The van der Waals surface area contributed by atoms with Crippen LogP contribution in [-0.2, 0) is 15.8 Å². The fourth-order valence-corrected chi connectivity index (χ4v) is 4.34. The van der Waals surface area contributed by atoms with Gasteiger partial charge in [-0.1, -0.05) is 46.4 Å². The van der Waals surface area contributed by atoms with Crippen molar-refractivity contribution in [3.63, 3.8) is 0 Å². The number of carbonyl (C=O) groups is 3. The molecule has 1 aliphatic rings. The van der Waals surface area contributed by atoms with E-state index in [-0.39, 0.29) is 43.2 Å². The molecule has 0 aromatic heterocycles. The number of alkyl halides is 3. The molecule has 40 heavy (non-hydrogen) atoms. The van der Waals surface area contributed by atoms with Crippen LogP contribution in [0.5, 0.6) is 11.5 Å². The number of urea groups is 1. The van der Waals surface area contributed by atoms with E-state index in [1.54, 1.807) is 0 Å². The van der Waals surface area contributed by atoms with Crippen molar-refractivity contribution in [3.05, 3.63) is 95.4 Å². The summed E-state index contributed by atoms with van der Waals surface area (Å²) >= 11 is 24.2. The summed E-state index contributed by atoms with van der Waals surface area (Å²) < 4.78 is 44.8. The van der Waals surface area contributed by atoms with Crippen LogP contribution < -0.4 is 15.0 Å². The molecule has 1 saturated heterocycles. The van der Waals surface area contributed by atoms with Crippen molar-refractivity contribution in [3.8, 4) is 11.5 Å². The van der Waals surface area contributed by atoms with Gasteiger partial charge in [-0.15, -0.1) is 0 Å². The summed E-state index contributed by atoms with van der Waals surface area (Å²) in [7, 11) is 0. The molecule has 1 heterocycles. The molecule has 1 aliphatic heterocycles. The SMILES string of the molecule is O=C1NC(=O)N(c2ccc(Cl)c(Cl)c2)C(=O)/C1=C/c1cc(Cl)cc(Cl)c1Oc1ccc(C(F)(F)F)cc1[N+](=O)[O-]. The molecule has 0 bridgehead atoms. The predicted octanol–water partition coefficient (Wildman–Crippen LogP) is 7.69. The molecule has 0 atom stereocenters. The van der Waals surface area contributed by atoms with Gasteiger partial charge in [0.2, 0.25) is 5.75 Å². The number of rotatable bonds is 5. The molecule has 16 heteroatoms. The molecule has 0 saturated carbocycles. The summed E-state index contributed by atoms with van der Waals surface area (Å²) in [5.41, 5.74) is -3.16. The predicted molar refractivity (Wildman–Crippen MR) is 140 cm³/mol. The Morgan fingerprint density at radius 1 is 0.925 bits per heavy atom. The maximum atomic E-state index is 13.3. The molecule has 1 N–H and O–H groups in total. The Labute approximate surface area is 241 Å². The number of halogens is 7. The third-order valence-electron chi connectivity index (χ3n) is 5.29. The number of amides is 4. The van der Waals surface area contributed by atoms with Gasteiger partial charge in [-0.05, 0) is 48.5 Å². The normalized spacial score (nSPS) is 14.9. The zero-order chi connectivity index (χ0) is 29.5. The van der Waals surface area contributed by atoms with Crippen LogP contribution in [0.4, 0.5) is 29.3 Å². The number of ether oxygens (including phenoxy) is 1. The first-order chi connectivity index (χ1) is 18.7. The Morgan fingerprint density at radius 3 is 2.25 bits per heavy atom. The number of benzene rings is 3. The van der Waals surface area contributed by atoms with Crippen LogP contribution in [0.15, 0.2) is 54.1 Å². The van der Waals surface area contributed by atoms with Gasteiger partial charge in [-0.2, -0.15) is 13.2 Å². The van der Waals surface area contributed by atoms with Gasteiger partial charge in [0, 0.05) is 16.7 Å². The van der Waals surface area contributed by atoms with Crippen molar-refractivity contribution < 1.29 is 37.2 Å². The minimum atomic E-state index is -4.87. The lowest BCUT2D eigenvalue weighted by atomic mass is 10.1. The lowest BCUT2D eigenvalue weighted by molar-refractivity contribution is -0.385. The van der Waals surface area contributed by atoms with E-state index in [4.69, 9.17) is 51.1 Å². The highest BCUT2D eigenvalue weighted by atomic mass is 35.5. The largest absolute Gasteiger partial charge is 0.448 e. The molecule has 0 unspecified atom stereocenters. The number of anilines is 1. The number of carbonyl (C=O) groups excluding carboxylic acids is 3. The Morgan fingerprint density at radius 2 is 1.62 bits per heavy atom. The van der Waals surface area contributed by atoms with E-state index in [2.05, 4.69) is 0 Å². The number of barbiturate groups is 1.